The molecule has 0 unspecified atom stereocenters. The van der Waals surface area contributed by atoms with Crippen molar-refractivity contribution in [2.24, 2.45) is 0 Å². The van der Waals surface area contributed by atoms with Crippen molar-refractivity contribution in [2.45, 2.75) is 33.7 Å². The van der Waals surface area contributed by atoms with Crippen LogP contribution in [0.5, 0.6) is 0 Å². The average Bonchev–Trinajstić information content (AvgIpc) is 2.25. The first kappa shape index (κ1) is 13.4. The van der Waals surface area contributed by atoms with Crippen LogP contribution in [0.4, 0.5) is 5.82 Å². The van der Waals surface area contributed by atoms with Gasteiger partial charge in [-0.2, -0.15) is 0 Å². The summed E-state index contributed by atoms with van der Waals surface area (Å²) in [4.78, 5) is 20.9. The molecule has 1 aliphatic heterocycles. The monoisotopic (exact) mass is 236 g/mol. The van der Waals surface area contributed by atoms with E-state index in [9.17, 15) is 4.79 Å². The Kier molecular flexibility index (Phi) is 4.87. The van der Waals surface area contributed by atoms with Gasteiger partial charge in [-0.25, -0.2) is 9.97 Å². The molecule has 1 amide bonds. The molecule has 2 rings (SSSR count). The molecule has 5 heteroatoms. The normalized spacial score (nSPS) is 14.5. The molecule has 1 aromatic rings. The molecule has 0 spiro atoms. The largest absolute Gasteiger partial charge is 0.364 e. The van der Waals surface area contributed by atoms with Gasteiger partial charge in [0.25, 0.3) is 0 Å². The van der Waals surface area contributed by atoms with E-state index in [1.807, 2.05) is 26.8 Å². The smallest absolute Gasteiger partial charge is 0.219 e. The predicted molar refractivity (Wildman–Crippen MR) is 67.8 cm³/mol. The molecule has 1 saturated heterocycles. The minimum absolute atomic E-state index is 0.131. The van der Waals surface area contributed by atoms with Gasteiger partial charge in [0, 0.05) is 31.8 Å². The Hall–Kier alpha value is -1.65. The summed E-state index contributed by atoms with van der Waals surface area (Å²) in [6.45, 7) is 9.04. The second-order valence-electron chi connectivity index (χ2n) is 3.81. The van der Waals surface area contributed by atoms with Gasteiger partial charge in [-0.1, -0.05) is 13.8 Å². The zero-order valence-corrected chi connectivity index (χ0v) is 10.9. The van der Waals surface area contributed by atoms with Crippen molar-refractivity contribution in [3.63, 3.8) is 0 Å². The number of hydrogen-bond donors (Lipinski definition) is 1. The highest BCUT2D eigenvalue weighted by Crippen LogP contribution is 2.13. The number of anilines is 1. The second-order valence-corrected chi connectivity index (χ2v) is 3.81. The van der Waals surface area contributed by atoms with Crippen molar-refractivity contribution in [3.05, 3.63) is 18.1 Å². The van der Waals surface area contributed by atoms with Gasteiger partial charge in [0.2, 0.25) is 5.91 Å². The predicted octanol–water partition coefficient (Wildman–Crippen LogP) is 1.45. The van der Waals surface area contributed by atoms with Crippen LogP contribution in [0.3, 0.4) is 0 Å². The third-order valence-corrected chi connectivity index (χ3v) is 2.48. The number of hydrogen-bond acceptors (Lipinski definition) is 4. The third-order valence-electron chi connectivity index (χ3n) is 2.48. The number of carbonyl (C=O) groups is 1. The lowest BCUT2D eigenvalue weighted by molar-refractivity contribution is -0.132. The minimum atomic E-state index is 0.131. The van der Waals surface area contributed by atoms with Crippen LogP contribution in [-0.2, 0) is 4.79 Å². The molecule has 94 valence electrons. The van der Waals surface area contributed by atoms with Gasteiger partial charge in [-0.05, 0) is 6.92 Å². The standard InChI is InChI=1S/C10H14N4O.C2H6/c1-7-3-10(12-6-11-7)13-9-4-14(5-9)8(2)15;1-2/h3,6,9H,4-5H2,1-2H3,(H,11,12,13);1-2H3. The summed E-state index contributed by atoms with van der Waals surface area (Å²) in [7, 11) is 0. The Morgan fingerprint density at radius 3 is 2.59 bits per heavy atom. The Morgan fingerprint density at radius 2 is 2.06 bits per heavy atom. The molecule has 0 radical (unpaired) electrons. The molecular weight excluding hydrogens is 216 g/mol. The van der Waals surface area contributed by atoms with E-state index in [1.165, 1.54) is 0 Å². The first-order valence-corrected chi connectivity index (χ1v) is 5.96. The van der Waals surface area contributed by atoms with E-state index in [0.29, 0.717) is 6.04 Å². The van der Waals surface area contributed by atoms with Gasteiger partial charge >= 0.3 is 0 Å². The van der Waals surface area contributed by atoms with Crippen LogP contribution in [0, 0.1) is 6.92 Å². The lowest BCUT2D eigenvalue weighted by Gasteiger charge is -2.39. The summed E-state index contributed by atoms with van der Waals surface area (Å²) in [5.74, 6) is 0.961. The number of nitrogens with zero attached hydrogens (tertiary/aromatic N) is 3. The van der Waals surface area contributed by atoms with Gasteiger partial charge in [0.15, 0.2) is 0 Å². The highest BCUT2D eigenvalue weighted by Gasteiger charge is 2.28. The Bertz CT molecular complexity index is 375. The summed E-state index contributed by atoms with van der Waals surface area (Å²) in [6.07, 6.45) is 1.54. The number of nitrogens with one attached hydrogen (secondary N) is 1. The van der Waals surface area contributed by atoms with E-state index in [-0.39, 0.29) is 5.91 Å². The summed E-state index contributed by atoms with van der Waals surface area (Å²) in [6, 6.07) is 2.22. The molecule has 2 heterocycles. The number of aryl methyl sites for hydroxylation is 1. The van der Waals surface area contributed by atoms with Crippen LogP contribution < -0.4 is 5.32 Å². The van der Waals surface area contributed by atoms with Gasteiger partial charge < -0.3 is 10.2 Å². The van der Waals surface area contributed by atoms with Gasteiger partial charge in [0.1, 0.15) is 12.1 Å². The van der Waals surface area contributed by atoms with Gasteiger partial charge in [0.05, 0.1) is 6.04 Å². The van der Waals surface area contributed by atoms with Crippen LogP contribution in [-0.4, -0.2) is 39.9 Å². The Balaban J connectivity index is 0.000000686. The fourth-order valence-corrected chi connectivity index (χ4v) is 1.57. The molecule has 0 aromatic carbocycles. The molecule has 0 aliphatic carbocycles. The lowest BCUT2D eigenvalue weighted by atomic mass is 10.1. The van der Waals surface area contributed by atoms with E-state index < -0.39 is 0 Å². The molecule has 0 bridgehead atoms. The SMILES string of the molecule is CC.CC(=O)N1CC(Nc2cc(C)ncn2)C1. The van der Waals surface area contributed by atoms with Crippen LogP contribution in [0.25, 0.3) is 0 Å². The Morgan fingerprint density at radius 1 is 1.41 bits per heavy atom. The molecular formula is C12H20N4O. The Labute approximate surface area is 102 Å². The third kappa shape index (κ3) is 3.69. The molecule has 17 heavy (non-hydrogen) atoms. The van der Waals surface area contributed by atoms with Crippen LogP contribution >= 0.6 is 0 Å². The van der Waals surface area contributed by atoms with E-state index in [0.717, 1.165) is 24.6 Å². The molecule has 0 saturated carbocycles. The number of rotatable bonds is 2. The summed E-state index contributed by atoms with van der Waals surface area (Å²) >= 11 is 0. The fourth-order valence-electron chi connectivity index (χ4n) is 1.57. The molecule has 1 N–H and O–H groups in total. The summed E-state index contributed by atoms with van der Waals surface area (Å²) < 4.78 is 0. The van der Waals surface area contributed by atoms with E-state index in [1.54, 1.807) is 18.2 Å². The maximum Gasteiger partial charge on any atom is 0.219 e. The lowest BCUT2D eigenvalue weighted by Crippen LogP contribution is -2.56. The van der Waals surface area contributed by atoms with Gasteiger partial charge in [-0.3, -0.25) is 4.79 Å². The van der Waals surface area contributed by atoms with Gasteiger partial charge in [-0.15, -0.1) is 0 Å². The average molecular weight is 236 g/mol. The van der Waals surface area contributed by atoms with Crippen molar-refractivity contribution in [2.75, 3.05) is 18.4 Å². The zero-order chi connectivity index (χ0) is 12.8. The van der Waals surface area contributed by atoms with E-state index in [4.69, 9.17) is 0 Å². The topological polar surface area (TPSA) is 58.1 Å². The number of aromatic nitrogens is 2. The first-order chi connectivity index (χ1) is 8.15. The van der Waals surface area contributed by atoms with Crippen molar-refractivity contribution in [3.8, 4) is 0 Å². The van der Waals surface area contributed by atoms with Crippen LogP contribution in [0.1, 0.15) is 26.5 Å². The van der Waals surface area contributed by atoms with Crippen LogP contribution in [0.15, 0.2) is 12.4 Å². The fraction of sp³-hybridized carbons (Fsp3) is 0.583. The van der Waals surface area contributed by atoms with Crippen molar-refractivity contribution >= 4 is 11.7 Å². The number of amides is 1. The number of likely N-dealkylation sites (tertiary alicyclic amines) is 1. The highest BCUT2D eigenvalue weighted by atomic mass is 16.2. The molecule has 1 aromatic heterocycles. The molecule has 1 aliphatic rings. The van der Waals surface area contributed by atoms with Crippen molar-refractivity contribution in [1.29, 1.82) is 0 Å². The maximum atomic E-state index is 11.0. The van der Waals surface area contributed by atoms with Crippen molar-refractivity contribution < 1.29 is 4.79 Å². The molecule has 0 atom stereocenters. The van der Waals surface area contributed by atoms with E-state index in [2.05, 4.69) is 15.3 Å². The molecule has 5 nitrogen and oxygen atoms in total. The minimum Gasteiger partial charge on any atom is -0.364 e. The summed E-state index contributed by atoms with van der Waals surface area (Å²) in [5, 5.41) is 3.26. The number of carbonyl (C=O) groups excluding carboxylic acids is 1. The van der Waals surface area contributed by atoms with E-state index >= 15 is 0 Å². The van der Waals surface area contributed by atoms with Crippen LogP contribution in [0.2, 0.25) is 0 Å². The second kappa shape index (κ2) is 6.18. The quantitative estimate of drug-likeness (QED) is 0.844. The maximum absolute atomic E-state index is 11.0. The molecule has 1 fully saturated rings. The first-order valence-electron chi connectivity index (χ1n) is 5.96. The summed E-state index contributed by atoms with van der Waals surface area (Å²) in [5.41, 5.74) is 0.940. The highest BCUT2D eigenvalue weighted by molar-refractivity contribution is 5.74. The van der Waals surface area contributed by atoms with Crippen molar-refractivity contribution in [1.82, 2.24) is 14.9 Å². The zero-order valence-electron chi connectivity index (χ0n) is 10.9.